The van der Waals surface area contributed by atoms with E-state index in [9.17, 15) is 0 Å². The van der Waals surface area contributed by atoms with Crippen LogP contribution in [0.15, 0.2) is 18.2 Å². The summed E-state index contributed by atoms with van der Waals surface area (Å²) in [6.45, 7) is 4.08. The molecule has 0 N–H and O–H groups in total. The Bertz CT molecular complexity index is 279. The van der Waals surface area contributed by atoms with E-state index in [4.69, 9.17) is 23.2 Å². The third kappa shape index (κ3) is 3.58. The molecule has 2 heteroatoms. The maximum atomic E-state index is 6.04. The minimum absolute atomic E-state index is 0.219. The van der Waals surface area contributed by atoms with Gasteiger partial charge in [0.05, 0.1) is 0 Å². The van der Waals surface area contributed by atoms with Gasteiger partial charge >= 0.3 is 0 Å². The van der Waals surface area contributed by atoms with E-state index < -0.39 is 0 Å². The van der Waals surface area contributed by atoms with Crippen LogP contribution in [0.3, 0.4) is 0 Å². The van der Waals surface area contributed by atoms with Gasteiger partial charge in [-0.1, -0.05) is 29.3 Å². The quantitative estimate of drug-likeness (QED) is 0.665. The van der Waals surface area contributed by atoms with Crippen LogP contribution >= 0.6 is 23.2 Å². The molecule has 0 nitrogen and oxygen atoms in total. The van der Waals surface area contributed by atoms with Crippen LogP contribution in [0.25, 0.3) is 0 Å². The third-order valence-electron chi connectivity index (χ3n) is 2.01. The molecule has 0 aliphatic heterocycles. The minimum atomic E-state index is 0.219. The normalized spacial score (nSPS) is 12.9. The molecule has 0 heterocycles. The number of benzene rings is 1. The summed E-state index contributed by atoms with van der Waals surface area (Å²) in [6, 6.07) is 6.10. The van der Waals surface area contributed by atoms with Crippen LogP contribution in [0.4, 0.5) is 0 Å². The number of hydrogen-bond donors (Lipinski definition) is 0. The average Bonchev–Trinajstić information content (AvgIpc) is 2.06. The molecule has 0 radical (unpaired) electrons. The zero-order valence-corrected chi connectivity index (χ0v) is 9.49. The molecule has 13 heavy (non-hydrogen) atoms. The van der Waals surface area contributed by atoms with E-state index in [-0.39, 0.29) is 5.38 Å². The second-order valence-corrected chi connectivity index (χ2v) is 4.57. The van der Waals surface area contributed by atoms with Gasteiger partial charge in [-0.2, -0.15) is 0 Å². The van der Waals surface area contributed by atoms with E-state index in [2.05, 4.69) is 13.0 Å². The van der Waals surface area contributed by atoms with E-state index in [0.717, 1.165) is 17.9 Å². The largest absolute Gasteiger partial charge is 0.123 e. The lowest BCUT2D eigenvalue weighted by Gasteiger charge is -2.06. The standard InChI is InChI=1S/C11H14Cl2/c1-8-3-6-11(13)10(7-8)5-4-9(2)12/h3,6-7,9H,4-5H2,1-2H3. The van der Waals surface area contributed by atoms with Crippen LogP contribution in [-0.4, -0.2) is 5.38 Å². The van der Waals surface area contributed by atoms with Crippen molar-refractivity contribution in [3.05, 3.63) is 34.3 Å². The van der Waals surface area contributed by atoms with Gasteiger partial charge < -0.3 is 0 Å². The molecule has 0 aliphatic rings. The summed E-state index contributed by atoms with van der Waals surface area (Å²) in [4.78, 5) is 0. The van der Waals surface area contributed by atoms with E-state index >= 15 is 0 Å². The zero-order valence-electron chi connectivity index (χ0n) is 7.98. The molecule has 0 spiro atoms. The highest BCUT2D eigenvalue weighted by atomic mass is 35.5. The van der Waals surface area contributed by atoms with Gasteiger partial charge in [-0.25, -0.2) is 0 Å². The topological polar surface area (TPSA) is 0 Å². The highest BCUT2D eigenvalue weighted by Gasteiger charge is 2.02. The molecule has 1 rings (SSSR count). The fourth-order valence-corrected chi connectivity index (χ4v) is 1.57. The van der Waals surface area contributed by atoms with Crippen molar-refractivity contribution in [1.29, 1.82) is 0 Å². The van der Waals surface area contributed by atoms with E-state index in [0.29, 0.717) is 0 Å². The molecule has 0 amide bonds. The summed E-state index contributed by atoms with van der Waals surface area (Å²) in [7, 11) is 0. The molecule has 1 aromatic rings. The number of alkyl halides is 1. The fourth-order valence-electron chi connectivity index (χ4n) is 1.25. The predicted molar refractivity (Wildman–Crippen MR) is 59.8 cm³/mol. The Balaban J connectivity index is 2.70. The molecule has 1 unspecified atom stereocenters. The summed E-state index contributed by atoms with van der Waals surface area (Å²) >= 11 is 11.9. The first-order valence-electron chi connectivity index (χ1n) is 4.48. The molecule has 0 aromatic heterocycles. The second-order valence-electron chi connectivity index (χ2n) is 3.41. The van der Waals surface area contributed by atoms with Crippen LogP contribution in [0.1, 0.15) is 24.5 Å². The van der Waals surface area contributed by atoms with Crippen molar-refractivity contribution >= 4 is 23.2 Å². The monoisotopic (exact) mass is 216 g/mol. The van der Waals surface area contributed by atoms with E-state index in [1.165, 1.54) is 11.1 Å². The SMILES string of the molecule is Cc1ccc(Cl)c(CCC(C)Cl)c1. The second kappa shape index (κ2) is 4.88. The Kier molecular flexibility index (Phi) is 4.08. The van der Waals surface area contributed by atoms with Gasteiger partial charge in [0.2, 0.25) is 0 Å². The lowest BCUT2D eigenvalue weighted by molar-refractivity contribution is 0.803. The van der Waals surface area contributed by atoms with Gasteiger partial charge in [0.25, 0.3) is 0 Å². The summed E-state index contributed by atoms with van der Waals surface area (Å²) in [5, 5.41) is 1.07. The number of halogens is 2. The highest BCUT2D eigenvalue weighted by molar-refractivity contribution is 6.31. The molecule has 1 atom stereocenters. The Morgan fingerprint density at radius 2 is 2.08 bits per heavy atom. The molecule has 0 saturated heterocycles. The molecular weight excluding hydrogens is 203 g/mol. The van der Waals surface area contributed by atoms with Gasteiger partial charge in [0.15, 0.2) is 0 Å². The molecule has 72 valence electrons. The summed E-state index contributed by atoms with van der Waals surface area (Å²) in [5.41, 5.74) is 2.45. The van der Waals surface area contributed by atoms with Gasteiger partial charge in [0, 0.05) is 10.4 Å². The van der Waals surface area contributed by atoms with Crippen molar-refractivity contribution in [1.82, 2.24) is 0 Å². The lowest BCUT2D eigenvalue weighted by atomic mass is 10.1. The van der Waals surface area contributed by atoms with Crippen molar-refractivity contribution in [2.45, 2.75) is 32.1 Å². The summed E-state index contributed by atoms with van der Waals surface area (Å²) in [6.07, 6.45) is 1.94. The molecular formula is C11H14Cl2. The molecule has 0 fully saturated rings. The first-order valence-corrected chi connectivity index (χ1v) is 5.30. The Morgan fingerprint density at radius 1 is 1.38 bits per heavy atom. The van der Waals surface area contributed by atoms with Crippen LogP contribution in [0.5, 0.6) is 0 Å². The van der Waals surface area contributed by atoms with Crippen molar-refractivity contribution < 1.29 is 0 Å². The predicted octanol–water partition coefficient (Wildman–Crippen LogP) is 4.21. The highest BCUT2D eigenvalue weighted by Crippen LogP contribution is 2.20. The zero-order chi connectivity index (χ0) is 9.84. The van der Waals surface area contributed by atoms with Gasteiger partial charge in [0.1, 0.15) is 0 Å². The number of hydrogen-bond acceptors (Lipinski definition) is 0. The van der Waals surface area contributed by atoms with Crippen LogP contribution < -0.4 is 0 Å². The van der Waals surface area contributed by atoms with Gasteiger partial charge in [-0.3, -0.25) is 0 Å². The van der Waals surface area contributed by atoms with Gasteiger partial charge in [-0.15, -0.1) is 11.6 Å². The van der Waals surface area contributed by atoms with Crippen molar-refractivity contribution in [2.24, 2.45) is 0 Å². The molecule has 0 saturated carbocycles. The lowest BCUT2D eigenvalue weighted by Crippen LogP contribution is -1.95. The number of rotatable bonds is 3. The molecule has 1 aromatic carbocycles. The summed E-state index contributed by atoms with van der Waals surface area (Å²) in [5.74, 6) is 0. The maximum Gasteiger partial charge on any atom is 0.0438 e. The average molecular weight is 217 g/mol. The van der Waals surface area contributed by atoms with Crippen molar-refractivity contribution in [3.63, 3.8) is 0 Å². The van der Waals surface area contributed by atoms with E-state index in [1.807, 2.05) is 19.1 Å². The maximum absolute atomic E-state index is 6.04. The Morgan fingerprint density at radius 3 is 2.69 bits per heavy atom. The smallest absolute Gasteiger partial charge is 0.0438 e. The van der Waals surface area contributed by atoms with Gasteiger partial charge in [-0.05, 0) is 38.3 Å². The third-order valence-corrected chi connectivity index (χ3v) is 2.60. The molecule has 0 bridgehead atoms. The fraction of sp³-hybridized carbons (Fsp3) is 0.455. The van der Waals surface area contributed by atoms with Crippen molar-refractivity contribution in [3.8, 4) is 0 Å². The van der Waals surface area contributed by atoms with Crippen LogP contribution in [-0.2, 0) is 6.42 Å². The van der Waals surface area contributed by atoms with Crippen LogP contribution in [0, 0.1) is 6.92 Å². The summed E-state index contributed by atoms with van der Waals surface area (Å²) < 4.78 is 0. The van der Waals surface area contributed by atoms with Crippen LogP contribution in [0.2, 0.25) is 5.02 Å². The Labute approximate surface area is 89.9 Å². The van der Waals surface area contributed by atoms with E-state index in [1.54, 1.807) is 0 Å². The number of aryl methyl sites for hydroxylation is 2. The first-order chi connectivity index (χ1) is 6.09. The minimum Gasteiger partial charge on any atom is -0.123 e. The van der Waals surface area contributed by atoms with Crippen molar-refractivity contribution in [2.75, 3.05) is 0 Å². The first kappa shape index (κ1) is 10.9. The molecule has 0 aliphatic carbocycles. The Hall–Kier alpha value is -0.200.